The maximum Gasteiger partial charge on any atom is 0.0468 e. The number of rotatable bonds is 1. The van der Waals surface area contributed by atoms with Crippen LogP contribution in [0.3, 0.4) is 0 Å². The van der Waals surface area contributed by atoms with Crippen LogP contribution < -0.4 is 0 Å². The van der Waals surface area contributed by atoms with Gasteiger partial charge in [-0.05, 0) is 41.9 Å². The van der Waals surface area contributed by atoms with Gasteiger partial charge in [0, 0.05) is 29.1 Å². The molecule has 0 N–H and O–H groups in total. The summed E-state index contributed by atoms with van der Waals surface area (Å²) in [5.74, 6) is 0.308. The summed E-state index contributed by atoms with van der Waals surface area (Å²) < 4.78 is 0. The highest BCUT2D eigenvalue weighted by Gasteiger charge is 2.26. The van der Waals surface area contributed by atoms with Gasteiger partial charge in [-0.2, -0.15) is 0 Å². The lowest BCUT2D eigenvalue weighted by Gasteiger charge is -2.33. The zero-order valence-electron chi connectivity index (χ0n) is 10.7. The van der Waals surface area contributed by atoms with Gasteiger partial charge in [0.15, 0.2) is 0 Å². The van der Waals surface area contributed by atoms with Crippen LogP contribution in [0.1, 0.15) is 22.6 Å². The second-order valence-electron chi connectivity index (χ2n) is 5.04. The summed E-state index contributed by atoms with van der Waals surface area (Å²) in [5, 5.41) is 1.47. The Kier molecular flexibility index (Phi) is 3.53. The van der Waals surface area contributed by atoms with Gasteiger partial charge in [0.25, 0.3) is 0 Å². The number of halogens is 2. The third-order valence-electron chi connectivity index (χ3n) is 3.63. The molecule has 0 amide bonds. The first-order valence-corrected chi connectivity index (χ1v) is 7.03. The van der Waals surface area contributed by atoms with Gasteiger partial charge in [-0.1, -0.05) is 47.5 Å². The second-order valence-corrected chi connectivity index (χ2v) is 5.89. The Morgan fingerprint density at radius 3 is 2.89 bits per heavy atom. The minimum atomic E-state index is 0.308. The van der Waals surface area contributed by atoms with Gasteiger partial charge >= 0.3 is 0 Å². The maximum atomic E-state index is 6.35. The lowest BCUT2D eigenvalue weighted by Crippen LogP contribution is -2.31. The molecule has 0 bridgehead atoms. The van der Waals surface area contributed by atoms with Crippen LogP contribution in [0.15, 0.2) is 36.4 Å². The van der Waals surface area contributed by atoms with Gasteiger partial charge < -0.3 is 4.90 Å². The van der Waals surface area contributed by atoms with Crippen LogP contribution in [0.2, 0.25) is 10.0 Å². The minimum Gasteiger partial charge on any atom is -0.301 e. The Labute approximate surface area is 123 Å². The molecule has 2 aromatic rings. The largest absolute Gasteiger partial charge is 0.301 e. The van der Waals surface area contributed by atoms with E-state index < -0.39 is 0 Å². The Morgan fingerprint density at radius 1 is 1.32 bits per heavy atom. The molecule has 0 saturated carbocycles. The summed E-state index contributed by atoms with van der Waals surface area (Å²) in [6.07, 6.45) is 0. The molecule has 0 spiro atoms. The predicted molar refractivity (Wildman–Crippen MR) is 79.9 cm³/mol. The molecular weight excluding hydrogens is 277 g/mol. The third-order valence-corrected chi connectivity index (χ3v) is 4.18. The minimum absolute atomic E-state index is 0.308. The first-order valence-electron chi connectivity index (χ1n) is 6.27. The molecule has 1 aliphatic heterocycles. The smallest absolute Gasteiger partial charge is 0.0468 e. The molecule has 1 nitrogen and oxygen atoms in total. The Balaban J connectivity index is 2.14. The second kappa shape index (κ2) is 5.16. The average Bonchev–Trinajstić information content (AvgIpc) is 2.40. The van der Waals surface area contributed by atoms with Crippen molar-refractivity contribution in [2.24, 2.45) is 0 Å². The molecule has 1 radical (unpaired) electrons. The van der Waals surface area contributed by atoms with E-state index in [1.807, 2.05) is 30.3 Å². The van der Waals surface area contributed by atoms with Gasteiger partial charge in [0.1, 0.15) is 0 Å². The van der Waals surface area contributed by atoms with Crippen LogP contribution in [-0.2, 0) is 6.54 Å². The van der Waals surface area contributed by atoms with Crippen molar-refractivity contribution in [3.05, 3.63) is 69.2 Å². The fraction of sp³-hybridized carbons (Fsp3) is 0.250. The van der Waals surface area contributed by atoms with E-state index in [1.165, 1.54) is 16.7 Å². The van der Waals surface area contributed by atoms with Crippen molar-refractivity contribution in [1.82, 2.24) is 4.90 Å². The summed E-state index contributed by atoms with van der Waals surface area (Å²) in [4.78, 5) is 2.29. The number of hydrogen-bond donors (Lipinski definition) is 0. The first-order chi connectivity index (χ1) is 9.15. The van der Waals surface area contributed by atoms with E-state index in [2.05, 4.69) is 24.1 Å². The first kappa shape index (κ1) is 13.0. The zero-order valence-corrected chi connectivity index (χ0v) is 12.2. The zero-order chi connectivity index (χ0) is 13.4. The molecule has 0 aliphatic carbocycles. The van der Waals surface area contributed by atoms with Crippen LogP contribution >= 0.6 is 23.2 Å². The molecule has 3 rings (SSSR count). The van der Waals surface area contributed by atoms with E-state index in [0.29, 0.717) is 10.9 Å². The summed E-state index contributed by atoms with van der Waals surface area (Å²) in [7, 11) is 2.12. The van der Waals surface area contributed by atoms with E-state index in [1.54, 1.807) is 0 Å². The molecule has 97 valence electrons. The molecule has 1 aliphatic rings. The quantitative estimate of drug-likeness (QED) is 0.754. The van der Waals surface area contributed by atoms with E-state index in [0.717, 1.165) is 18.1 Å². The lowest BCUT2D eigenvalue weighted by molar-refractivity contribution is 0.295. The van der Waals surface area contributed by atoms with E-state index in [4.69, 9.17) is 23.2 Å². The molecule has 1 heterocycles. The molecule has 0 fully saturated rings. The Hall–Kier alpha value is -1.02. The highest BCUT2D eigenvalue weighted by atomic mass is 35.5. The molecule has 0 aromatic heterocycles. The number of nitrogens with zero attached hydrogens (tertiary/aromatic N) is 1. The van der Waals surface area contributed by atoms with Crippen LogP contribution in [0, 0.1) is 6.07 Å². The van der Waals surface area contributed by atoms with Crippen molar-refractivity contribution in [2.45, 2.75) is 12.5 Å². The topological polar surface area (TPSA) is 3.24 Å². The van der Waals surface area contributed by atoms with Crippen molar-refractivity contribution < 1.29 is 0 Å². The highest BCUT2D eigenvalue weighted by Crippen LogP contribution is 2.38. The number of hydrogen-bond acceptors (Lipinski definition) is 1. The van der Waals surface area contributed by atoms with Gasteiger partial charge in [0.2, 0.25) is 0 Å². The fourth-order valence-corrected chi connectivity index (χ4v) is 3.32. The van der Waals surface area contributed by atoms with Crippen molar-refractivity contribution >= 4 is 23.2 Å². The monoisotopic (exact) mass is 290 g/mol. The fourth-order valence-electron chi connectivity index (χ4n) is 2.75. The number of fused-ring (bicyclic) bond motifs is 1. The molecule has 0 saturated heterocycles. The summed E-state index contributed by atoms with van der Waals surface area (Å²) >= 11 is 12.5. The van der Waals surface area contributed by atoms with Gasteiger partial charge in [-0.15, -0.1) is 0 Å². The van der Waals surface area contributed by atoms with Gasteiger partial charge in [-0.25, -0.2) is 0 Å². The third kappa shape index (κ3) is 2.51. The Morgan fingerprint density at radius 2 is 2.16 bits per heavy atom. The summed E-state index contributed by atoms with van der Waals surface area (Å²) in [6, 6.07) is 15.2. The van der Waals surface area contributed by atoms with Crippen molar-refractivity contribution in [3.63, 3.8) is 0 Å². The number of benzene rings is 2. The van der Waals surface area contributed by atoms with Crippen LogP contribution in [0.4, 0.5) is 0 Å². The van der Waals surface area contributed by atoms with Crippen LogP contribution in [0.25, 0.3) is 0 Å². The molecule has 1 atom stereocenters. The molecular formula is C16H14Cl2N. The maximum absolute atomic E-state index is 6.35. The van der Waals surface area contributed by atoms with Crippen LogP contribution in [-0.4, -0.2) is 18.5 Å². The van der Waals surface area contributed by atoms with Crippen LogP contribution in [0.5, 0.6) is 0 Å². The van der Waals surface area contributed by atoms with Crippen molar-refractivity contribution in [1.29, 1.82) is 0 Å². The normalized spacial score (nSPS) is 19.2. The summed E-state index contributed by atoms with van der Waals surface area (Å²) in [5.41, 5.74) is 3.69. The van der Waals surface area contributed by atoms with Gasteiger partial charge in [-0.3, -0.25) is 0 Å². The van der Waals surface area contributed by atoms with Crippen molar-refractivity contribution in [3.8, 4) is 0 Å². The van der Waals surface area contributed by atoms with E-state index >= 15 is 0 Å². The summed E-state index contributed by atoms with van der Waals surface area (Å²) in [6.45, 7) is 1.85. The molecule has 2 aromatic carbocycles. The molecule has 19 heavy (non-hydrogen) atoms. The Bertz CT molecular complexity index is 595. The number of likely N-dealkylation sites (N-methyl/N-ethyl adjacent to an activating group) is 1. The molecule has 1 unspecified atom stereocenters. The SMILES string of the molecule is CN1Cc2c(Cl)cc(Cl)cc2C(c2c[c]ccc2)C1. The lowest BCUT2D eigenvalue weighted by atomic mass is 9.85. The standard InChI is InChI=1S/C16H14Cl2N/c1-19-9-14(11-5-3-2-4-6-11)13-7-12(17)8-16(18)15(13)10-19/h2-3,5-8,14H,9-10H2,1H3. The van der Waals surface area contributed by atoms with Crippen molar-refractivity contribution in [2.75, 3.05) is 13.6 Å². The highest BCUT2D eigenvalue weighted by molar-refractivity contribution is 6.35. The van der Waals surface area contributed by atoms with E-state index in [-0.39, 0.29) is 0 Å². The predicted octanol–water partition coefficient (Wildman–Crippen LogP) is 4.37. The van der Waals surface area contributed by atoms with Gasteiger partial charge in [0.05, 0.1) is 0 Å². The van der Waals surface area contributed by atoms with E-state index in [9.17, 15) is 0 Å². The average molecular weight is 291 g/mol. The molecule has 3 heteroatoms.